The van der Waals surface area contributed by atoms with Gasteiger partial charge in [0.25, 0.3) is 0 Å². The Balaban J connectivity index is 1.82. The molecule has 0 heterocycles. The number of hydrogen-bond donors (Lipinski definition) is 1. The van der Waals surface area contributed by atoms with E-state index in [-0.39, 0.29) is 0 Å². The summed E-state index contributed by atoms with van der Waals surface area (Å²) in [6.07, 6.45) is 0. The molecule has 2 aromatic carbocycles. The summed E-state index contributed by atoms with van der Waals surface area (Å²) >= 11 is 0. The highest BCUT2D eigenvalue weighted by atomic mass is 16.5. The highest BCUT2D eigenvalue weighted by molar-refractivity contribution is 5.27. The second kappa shape index (κ2) is 6.95. The van der Waals surface area contributed by atoms with Gasteiger partial charge in [-0.1, -0.05) is 42.0 Å². The molecule has 0 aliphatic heterocycles. The van der Waals surface area contributed by atoms with Crippen LogP contribution in [0.2, 0.25) is 0 Å². The predicted molar refractivity (Wildman–Crippen MR) is 79.3 cm³/mol. The third-order valence-electron chi connectivity index (χ3n) is 2.98. The molecule has 0 unspecified atom stereocenters. The van der Waals surface area contributed by atoms with Crippen LogP contribution in [-0.2, 0) is 13.1 Å². The van der Waals surface area contributed by atoms with Gasteiger partial charge in [-0.25, -0.2) is 0 Å². The molecule has 2 nitrogen and oxygen atoms in total. The van der Waals surface area contributed by atoms with E-state index in [1.807, 2.05) is 19.1 Å². The second-order valence-electron chi connectivity index (χ2n) is 4.67. The van der Waals surface area contributed by atoms with Crippen molar-refractivity contribution in [1.29, 1.82) is 0 Å². The Kier molecular flexibility index (Phi) is 4.99. The molecule has 0 aliphatic carbocycles. The Bertz CT molecular complexity index is 505. The van der Waals surface area contributed by atoms with E-state index in [2.05, 4.69) is 48.6 Å². The van der Waals surface area contributed by atoms with E-state index in [0.29, 0.717) is 6.61 Å². The first kappa shape index (κ1) is 13.6. The summed E-state index contributed by atoms with van der Waals surface area (Å²) in [4.78, 5) is 0. The van der Waals surface area contributed by atoms with Crippen LogP contribution >= 0.6 is 0 Å². The van der Waals surface area contributed by atoms with Crippen molar-refractivity contribution in [3.8, 4) is 5.75 Å². The first-order valence-electron chi connectivity index (χ1n) is 6.76. The van der Waals surface area contributed by atoms with Crippen LogP contribution in [0.1, 0.15) is 23.6 Å². The summed E-state index contributed by atoms with van der Waals surface area (Å²) in [5, 5.41) is 3.46. The summed E-state index contributed by atoms with van der Waals surface area (Å²) < 4.78 is 5.43. The first-order chi connectivity index (χ1) is 9.28. The SMILES string of the molecule is CCOc1ccc(CNCc2cccc(C)c2)cc1. The molecule has 19 heavy (non-hydrogen) atoms. The third kappa shape index (κ3) is 4.42. The minimum Gasteiger partial charge on any atom is -0.494 e. The van der Waals surface area contributed by atoms with Gasteiger partial charge in [-0.2, -0.15) is 0 Å². The average molecular weight is 255 g/mol. The van der Waals surface area contributed by atoms with Crippen molar-refractivity contribution < 1.29 is 4.74 Å². The van der Waals surface area contributed by atoms with Crippen LogP contribution in [0.15, 0.2) is 48.5 Å². The minimum absolute atomic E-state index is 0.713. The van der Waals surface area contributed by atoms with Crippen LogP contribution in [0, 0.1) is 6.92 Å². The number of aryl methyl sites for hydroxylation is 1. The first-order valence-corrected chi connectivity index (χ1v) is 6.76. The van der Waals surface area contributed by atoms with Gasteiger partial charge in [0.2, 0.25) is 0 Å². The summed E-state index contributed by atoms with van der Waals surface area (Å²) in [7, 11) is 0. The van der Waals surface area contributed by atoms with Gasteiger partial charge in [0.15, 0.2) is 0 Å². The van der Waals surface area contributed by atoms with E-state index >= 15 is 0 Å². The van der Waals surface area contributed by atoms with Gasteiger partial charge in [0.1, 0.15) is 5.75 Å². The lowest BCUT2D eigenvalue weighted by atomic mass is 10.1. The number of ether oxygens (including phenoxy) is 1. The summed E-state index contributed by atoms with van der Waals surface area (Å²) in [5.74, 6) is 0.935. The number of nitrogens with one attached hydrogen (secondary N) is 1. The van der Waals surface area contributed by atoms with Crippen LogP contribution in [0.25, 0.3) is 0 Å². The Morgan fingerprint density at radius 2 is 1.68 bits per heavy atom. The summed E-state index contributed by atoms with van der Waals surface area (Å²) in [5.41, 5.74) is 3.91. The van der Waals surface area contributed by atoms with Crippen LogP contribution in [-0.4, -0.2) is 6.61 Å². The van der Waals surface area contributed by atoms with Gasteiger partial charge in [0.05, 0.1) is 6.61 Å². The largest absolute Gasteiger partial charge is 0.494 e. The molecule has 0 radical (unpaired) electrons. The molecule has 0 amide bonds. The van der Waals surface area contributed by atoms with E-state index in [4.69, 9.17) is 4.74 Å². The lowest BCUT2D eigenvalue weighted by Gasteiger charge is -2.07. The molecular formula is C17H21NO. The number of benzene rings is 2. The maximum atomic E-state index is 5.43. The zero-order chi connectivity index (χ0) is 13.5. The zero-order valence-corrected chi connectivity index (χ0v) is 11.6. The molecule has 0 saturated heterocycles. The fourth-order valence-corrected chi connectivity index (χ4v) is 2.04. The molecule has 0 aliphatic rings. The monoisotopic (exact) mass is 255 g/mol. The van der Waals surface area contributed by atoms with Crippen LogP contribution in [0.4, 0.5) is 0 Å². The zero-order valence-electron chi connectivity index (χ0n) is 11.6. The normalized spacial score (nSPS) is 10.4. The molecular weight excluding hydrogens is 234 g/mol. The Morgan fingerprint density at radius 1 is 0.947 bits per heavy atom. The molecule has 0 atom stereocenters. The van der Waals surface area contributed by atoms with E-state index in [1.54, 1.807) is 0 Å². The molecule has 0 fully saturated rings. The summed E-state index contributed by atoms with van der Waals surface area (Å²) in [6, 6.07) is 16.8. The van der Waals surface area contributed by atoms with E-state index < -0.39 is 0 Å². The van der Waals surface area contributed by atoms with E-state index in [1.165, 1.54) is 16.7 Å². The lowest BCUT2D eigenvalue weighted by Crippen LogP contribution is -2.12. The molecule has 1 N–H and O–H groups in total. The molecule has 0 saturated carbocycles. The lowest BCUT2D eigenvalue weighted by molar-refractivity contribution is 0.340. The Hall–Kier alpha value is -1.80. The average Bonchev–Trinajstić information content (AvgIpc) is 2.41. The molecule has 2 heteroatoms. The maximum absolute atomic E-state index is 5.43. The molecule has 2 rings (SSSR count). The maximum Gasteiger partial charge on any atom is 0.119 e. The molecule has 2 aromatic rings. The van der Waals surface area contributed by atoms with Gasteiger partial charge in [-0.05, 0) is 37.1 Å². The minimum atomic E-state index is 0.713. The van der Waals surface area contributed by atoms with Crippen molar-refractivity contribution >= 4 is 0 Å². The van der Waals surface area contributed by atoms with Crippen LogP contribution < -0.4 is 10.1 Å². The van der Waals surface area contributed by atoms with Crippen molar-refractivity contribution in [3.05, 3.63) is 65.2 Å². The third-order valence-corrected chi connectivity index (χ3v) is 2.98. The Labute approximate surface area is 115 Å². The van der Waals surface area contributed by atoms with Gasteiger partial charge < -0.3 is 10.1 Å². The Morgan fingerprint density at radius 3 is 2.37 bits per heavy atom. The number of hydrogen-bond acceptors (Lipinski definition) is 2. The van der Waals surface area contributed by atoms with Crippen LogP contribution in [0.5, 0.6) is 5.75 Å². The summed E-state index contributed by atoms with van der Waals surface area (Å²) in [6.45, 7) is 6.60. The van der Waals surface area contributed by atoms with Gasteiger partial charge in [0, 0.05) is 13.1 Å². The molecule has 0 spiro atoms. The van der Waals surface area contributed by atoms with Crippen molar-refractivity contribution in [2.24, 2.45) is 0 Å². The van der Waals surface area contributed by atoms with Crippen LogP contribution in [0.3, 0.4) is 0 Å². The second-order valence-corrected chi connectivity index (χ2v) is 4.67. The van der Waals surface area contributed by atoms with Crippen molar-refractivity contribution in [1.82, 2.24) is 5.32 Å². The van der Waals surface area contributed by atoms with Gasteiger partial charge in [-0.15, -0.1) is 0 Å². The van der Waals surface area contributed by atoms with Gasteiger partial charge >= 0.3 is 0 Å². The van der Waals surface area contributed by atoms with Gasteiger partial charge in [-0.3, -0.25) is 0 Å². The topological polar surface area (TPSA) is 21.3 Å². The number of rotatable bonds is 6. The van der Waals surface area contributed by atoms with Crippen molar-refractivity contribution in [2.45, 2.75) is 26.9 Å². The van der Waals surface area contributed by atoms with Crippen molar-refractivity contribution in [2.75, 3.05) is 6.61 Å². The molecule has 100 valence electrons. The van der Waals surface area contributed by atoms with E-state index in [0.717, 1.165) is 18.8 Å². The standard InChI is InChI=1S/C17H21NO/c1-3-19-17-9-7-15(8-10-17)12-18-13-16-6-4-5-14(2)11-16/h4-11,18H,3,12-13H2,1-2H3. The van der Waals surface area contributed by atoms with E-state index in [9.17, 15) is 0 Å². The smallest absolute Gasteiger partial charge is 0.119 e. The van der Waals surface area contributed by atoms with Crippen molar-refractivity contribution in [3.63, 3.8) is 0 Å². The quantitative estimate of drug-likeness (QED) is 0.850. The highest BCUT2D eigenvalue weighted by Crippen LogP contribution is 2.12. The molecule has 0 aromatic heterocycles. The predicted octanol–water partition coefficient (Wildman–Crippen LogP) is 3.68. The fraction of sp³-hybridized carbons (Fsp3) is 0.294. The fourth-order valence-electron chi connectivity index (χ4n) is 2.04. The highest BCUT2D eigenvalue weighted by Gasteiger charge is 1.96. The molecule has 0 bridgehead atoms.